The van der Waals surface area contributed by atoms with Gasteiger partial charge in [0.05, 0.1) is 0 Å². The van der Waals surface area contributed by atoms with Gasteiger partial charge < -0.3 is 9.47 Å². The highest BCUT2D eigenvalue weighted by Crippen LogP contribution is 2.67. The van der Waals surface area contributed by atoms with Crippen molar-refractivity contribution in [3.63, 3.8) is 0 Å². The molecule has 4 fully saturated rings. The summed E-state index contributed by atoms with van der Waals surface area (Å²) in [6.07, 6.45) is 7.49. The maximum Gasteiger partial charge on any atom is 0.303 e. The quantitative estimate of drug-likeness (QED) is 0.485. The second-order valence-electron chi connectivity index (χ2n) is 10.6. The molecule has 4 saturated carbocycles. The molecule has 0 heterocycles. The van der Waals surface area contributed by atoms with E-state index < -0.39 is 12.2 Å². The monoisotopic (exact) mass is 416 g/mol. The van der Waals surface area contributed by atoms with E-state index in [0.29, 0.717) is 24.7 Å². The maximum absolute atomic E-state index is 12.4. The molecule has 4 rings (SSSR count). The third-order valence-corrected chi connectivity index (χ3v) is 9.32. The lowest BCUT2D eigenvalue weighted by molar-refractivity contribution is -0.230. The fraction of sp³-hybridized carbons (Fsp3) is 0.800. The molecule has 4 aliphatic rings. The van der Waals surface area contributed by atoms with E-state index in [2.05, 4.69) is 26.8 Å². The van der Waals surface area contributed by atoms with Crippen LogP contribution >= 0.6 is 0 Å². The average Bonchev–Trinajstić information content (AvgIpc) is 3.01. The van der Waals surface area contributed by atoms with E-state index in [0.717, 1.165) is 32.1 Å². The molecule has 0 aliphatic heterocycles. The molecule has 0 N–H and O–H groups in total. The standard InChI is InChI=1S/C25H36O5/c1-6-16-7-8-18-21-19(10-12-24(16,18)4)25(5)11-9-17(28)13-20(25)22(29-14(2)26)23(21)30-15(3)27/h6,18-23H,7-13H2,1-5H3/t18?,19?,20?,21?,22?,23?,24-,25-/m1/s1. The third-order valence-electron chi connectivity index (χ3n) is 9.32. The van der Waals surface area contributed by atoms with Gasteiger partial charge in [-0.05, 0) is 61.7 Å². The fourth-order valence-electron chi connectivity index (χ4n) is 8.00. The lowest BCUT2D eigenvalue weighted by Gasteiger charge is -2.63. The number of fused-ring (bicyclic) bond motifs is 5. The van der Waals surface area contributed by atoms with Crippen LogP contribution in [-0.4, -0.2) is 29.9 Å². The van der Waals surface area contributed by atoms with Gasteiger partial charge in [-0.3, -0.25) is 14.4 Å². The Hall–Kier alpha value is -1.65. The average molecular weight is 417 g/mol. The first-order valence-corrected chi connectivity index (χ1v) is 11.6. The van der Waals surface area contributed by atoms with E-state index in [1.807, 2.05) is 0 Å². The Labute approximate surface area is 179 Å². The minimum atomic E-state index is -0.543. The highest BCUT2D eigenvalue weighted by molar-refractivity contribution is 5.80. The molecular weight excluding hydrogens is 380 g/mol. The van der Waals surface area contributed by atoms with Gasteiger partial charge >= 0.3 is 11.9 Å². The lowest BCUT2D eigenvalue weighted by Crippen LogP contribution is -2.65. The van der Waals surface area contributed by atoms with Crippen molar-refractivity contribution < 1.29 is 23.9 Å². The van der Waals surface area contributed by atoms with Crippen LogP contribution in [0.2, 0.25) is 0 Å². The Morgan fingerprint density at radius 2 is 1.60 bits per heavy atom. The summed E-state index contributed by atoms with van der Waals surface area (Å²) in [5.41, 5.74) is 1.56. The Morgan fingerprint density at radius 1 is 0.933 bits per heavy atom. The van der Waals surface area contributed by atoms with Crippen LogP contribution in [0, 0.1) is 34.5 Å². The lowest BCUT2D eigenvalue weighted by atomic mass is 9.43. The Morgan fingerprint density at radius 3 is 2.23 bits per heavy atom. The first-order valence-electron chi connectivity index (χ1n) is 11.6. The largest absolute Gasteiger partial charge is 0.458 e. The van der Waals surface area contributed by atoms with Crippen LogP contribution in [0.3, 0.4) is 0 Å². The summed E-state index contributed by atoms with van der Waals surface area (Å²) < 4.78 is 11.9. The van der Waals surface area contributed by atoms with Crippen LogP contribution in [0.5, 0.6) is 0 Å². The number of hydrogen-bond acceptors (Lipinski definition) is 5. The van der Waals surface area contributed by atoms with Crippen molar-refractivity contribution in [2.75, 3.05) is 0 Å². The number of rotatable bonds is 2. The zero-order chi connectivity index (χ0) is 21.8. The molecule has 5 nitrogen and oxygen atoms in total. The molecule has 0 aromatic rings. The molecule has 0 spiro atoms. The van der Waals surface area contributed by atoms with Crippen molar-refractivity contribution in [2.45, 2.75) is 91.8 Å². The van der Waals surface area contributed by atoms with Gasteiger partial charge in [0.2, 0.25) is 0 Å². The Bertz CT molecular complexity index is 784. The number of hydrogen-bond donors (Lipinski definition) is 0. The molecule has 0 aromatic heterocycles. The van der Waals surface area contributed by atoms with Gasteiger partial charge in [-0.2, -0.15) is 0 Å². The van der Waals surface area contributed by atoms with Crippen molar-refractivity contribution >= 4 is 17.7 Å². The molecule has 5 heteroatoms. The first-order chi connectivity index (χ1) is 14.1. The van der Waals surface area contributed by atoms with Crippen LogP contribution < -0.4 is 0 Å². The molecule has 0 amide bonds. The van der Waals surface area contributed by atoms with Gasteiger partial charge in [0.15, 0.2) is 0 Å². The second-order valence-corrected chi connectivity index (χ2v) is 10.6. The van der Waals surface area contributed by atoms with Crippen LogP contribution in [-0.2, 0) is 23.9 Å². The van der Waals surface area contributed by atoms with Crippen molar-refractivity contribution in [1.82, 2.24) is 0 Å². The predicted octanol–water partition coefficient (Wildman–Crippen LogP) is 4.63. The summed E-state index contributed by atoms with van der Waals surface area (Å²) in [5.74, 6) is 0.381. The fourth-order valence-corrected chi connectivity index (χ4v) is 8.00. The topological polar surface area (TPSA) is 69.7 Å². The van der Waals surface area contributed by atoms with Crippen molar-refractivity contribution in [3.05, 3.63) is 11.6 Å². The van der Waals surface area contributed by atoms with E-state index >= 15 is 0 Å². The highest BCUT2D eigenvalue weighted by Gasteiger charge is 2.66. The molecule has 0 radical (unpaired) electrons. The van der Waals surface area contributed by atoms with Gasteiger partial charge in [0.25, 0.3) is 0 Å². The van der Waals surface area contributed by atoms with Crippen LogP contribution in [0.15, 0.2) is 11.6 Å². The molecule has 0 saturated heterocycles. The van der Waals surface area contributed by atoms with E-state index in [4.69, 9.17) is 9.47 Å². The van der Waals surface area contributed by atoms with Crippen LogP contribution in [0.1, 0.15) is 79.6 Å². The van der Waals surface area contributed by atoms with Crippen molar-refractivity contribution in [3.8, 4) is 0 Å². The molecular formula is C25H36O5. The van der Waals surface area contributed by atoms with E-state index in [9.17, 15) is 14.4 Å². The normalized spacial score (nSPS) is 46.6. The molecule has 8 atom stereocenters. The number of Topliss-reactive ketones (excluding diaryl/α,β-unsaturated/α-hetero) is 1. The van der Waals surface area contributed by atoms with E-state index in [-0.39, 0.29) is 40.4 Å². The minimum absolute atomic E-state index is 0.0741. The summed E-state index contributed by atoms with van der Waals surface area (Å²) in [7, 11) is 0. The summed E-state index contributed by atoms with van der Waals surface area (Å²) in [5, 5.41) is 0. The number of carbonyl (C=O) groups is 3. The second kappa shape index (κ2) is 7.49. The molecule has 6 unspecified atom stereocenters. The predicted molar refractivity (Wildman–Crippen MR) is 112 cm³/mol. The van der Waals surface area contributed by atoms with Crippen molar-refractivity contribution in [1.29, 1.82) is 0 Å². The number of carbonyl (C=O) groups excluding carboxylic acids is 3. The number of allylic oxidation sites excluding steroid dienone is 2. The molecule has 0 aromatic carbocycles. The van der Waals surface area contributed by atoms with Crippen LogP contribution in [0.4, 0.5) is 0 Å². The minimum Gasteiger partial charge on any atom is -0.458 e. The molecule has 0 bridgehead atoms. The molecule has 166 valence electrons. The van der Waals surface area contributed by atoms with Gasteiger partial charge in [0.1, 0.15) is 18.0 Å². The summed E-state index contributed by atoms with van der Waals surface area (Å²) in [6, 6.07) is 0. The van der Waals surface area contributed by atoms with Crippen molar-refractivity contribution in [2.24, 2.45) is 34.5 Å². The van der Waals surface area contributed by atoms with E-state index in [1.165, 1.54) is 19.4 Å². The number of ketones is 1. The number of esters is 2. The molecule has 4 aliphatic carbocycles. The summed E-state index contributed by atoms with van der Waals surface area (Å²) in [4.78, 5) is 36.7. The zero-order valence-corrected chi connectivity index (χ0v) is 19.0. The SMILES string of the molecule is CC=C1CCC2C3C(OC(C)=O)C(OC(C)=O)C4CC(=O)CC[C@]4(C)C3CC[C@]12C. The van der Waals surface area contributed by atoms with Gasteiger partial charge in [-0.1, -0.05) is 25.5 Å². The summed E-state index contributed by atoms with van der Waals surface area (Å²) in [6.45, 7) is 9.66. The number of ether oxygens (including phenoxy) is 2. The van der Waals surface area contributed by atoms with Gasteiger partial charge in [0, 0.05) is 38.5 Å². The van der Waals surface area contributed by atoms with Gasteiger partial charge in [-0.25, -0.2) is 0 Å². The highest BCUT2D eigenvalue weighted by atomic mass is 16.6. The smallest absolute Gasteiger partial charge is 0.303 e. The zero-order valence-electron chi connectivity index (χ0n) is 19.0. The molecule has 30 heavy (non-hydrogen) atoms. The first kappa shape index (κ1) is 21.6. The van der Waals surface area contributed by atoms with Crippen LogP contribution in [0.25, 0.3) is 0 Å². The van der Waals surface area contributed by atoms with Gasteiger partial charge in [-0.15, -0.1) is 0 Å². The Balaban J connectivity index is 1.83. The Kier molecular flexibility index (Phi) is 5.39. The van der Waals surface area contributed by atoms with E-state index in [1.54, 1.807) is 0 Å². The maximum atomic E-state index is 12.4. The third kappa shape index (κ3) is 3.15. The summed E-state index contributed by atoms with van der Waals surface area (Å²) >= 11 is 0.